The fraction of sp³-hybridized carbons (Fsp3) is 0.733. The highest BCUT2D eigenvalue weighted by atomic mass is 28.3. The van der Waals surface area contributed by atoms with Crippen molar-refractivity contribution in [3.8, 4) is 0 Å². The van der Waals surface area contributed by atoms with Gasteiger partial charge >= 0.3 is 0 Å². The van der Waals surface area contributed by atoms with Crippen LogP contribution in [0, 0.1) is 5.92 Å². The second-order valence-corrected chi connectivity index (χ2v) is 18.5. The molecule has 0 fully saturated rings. The van der Waals surface area contributed by atoms with Gasteiger partial charge in [0.1, 0.15) is 0 Å². The molecule has 98 valence electrons. The second kappa shape index (κ2) is 5.27. The topological polar surface area (TPSA) is 0 Å². The summed E-state index contributed by atoms with van der Waals surface area (Å²) >= 11 is 0. The van der Waals surface area contributed by atoms with Crippen molar-refractivity contribution >= 4 is 16.1 Å². The van der Waals surface area contributed by atoms with E-state index in [0.29, 0.717) is 0 Å². The molecular formula is C15H30Si2. The molecule has 2 heteroatoms. The van der Waals surface area contributed by atoms with Crippen molar-refractivity contribution in [3.63, 3.8) is 0 Å². The molecule has 3 unspecified atom stereocenters. The number of rotatable bonds is 4. The van der Waals surface area contributed by atoms with E-state index in [1.165, 1.54) is 6.42 Å². The van der Waals surface area contributed by atoms with Gasteiger partial charge in [0.15, 0.2) is 0 Å². The Morgan fingerprint density at radius 3 is 1.88 bits per heavy atom. The van der Waals surface area contributed by atoms with E-state index >= 15 is 0 Å². The van der Waals surface area contributed by atoms with Gasteiger partial charge in [-0.2, -0.15) is 0 Å². The van der Waals surface area contributed by atoms with Crippen molar-refractivity contribution < 1.29 is 0 Å². The quantitative estimate of drug-likeness (QED) is 0.585. The third kappa shape index (κ3) is 3.69. The molecular weight excluding hydrogens is 236 g/mol. The second-order valence-electron chi connectivity index (χ2n) is 7.62. The lowest BCUT2D eigenvalue weighted by Crippen LogP contribution is -2.40. The van der Waals surface area contributed by atoms with Crippen LogP contribution in [0.25, 0.3) is 0 Å². The molecule has 0 radical (unpaired) electrons. The summed E-state index contributed by atoms with van der Waals surface area (Å²) in [4.78, 5) is 0. The van der Waals surface area contributed by atoms with Gasteiger partial charge in [0, 0.05) is 8.07 Å². The minimum Gasteiger partial charge on any atom is -0.0835 e. The zero-order valence-electron chi connectivity index (χ0n) is 12.7. The van der Waals surface area contributed by atoms with Crippen molar-refractivity contribution in [1.29, 1.82) is 0 Å². The average molecular weight is 267 g/mol. The van der Waals surface area contributed by atoms with E-state index in [-0.39, 0.29) is 0 Å². The van der Waals surface area contributed by atoms with Crippen molar-refractivity contribution in [3.05, 3.63) is 24.3 Å². The van der Waals surface area contributed by atoms with E-state index in [1.54, 1.807) is 0 Å². The molecule has 0 aliphatic heterocycles. The predicted molar refractivity (Wildman–Crippen MR) is 86.3 cm³/mol. The fourth-order valence-corrected chi connectivity index (χ4v) is 8.41. The molecule has 0 aromatic carbocycles. The number of hydrogen-bond donors (Lipinski definition) is 0. The van der Waals surface area contributed by atoms with E-state index in [2.05, 4.69) is 70.5 Å². The first kappa shape index (κ1) is 15.0. The predicted octanol–water partition coefficient (Wildman–Crippen LogP) is 5.56. The van der Waals surface area contributed by atoms with Gasteiger partial charge in [-0.05, 0) is 17.0 Å². The maximum atomic E-state index is 2.54. The fourth-order valence-electron chi connectivity index (χ4n) is 3.34. The van der Waals surface area contributed by atoms with E-state index < -0.39 is 16.1 Å². The van der Waals surface area contributed by atoms with Gasteiger partial charge in [-0.15, -0.1) is 0 Å². The van der Waals surface area contributed by atoms with Crippen LogP contribution in [0.4, 0.5) is 0 Å². The third-order valence-electron chi connectivity index (χ3n) is 4.19. The van der Waals surface area contributed by atoms with Gasteiger partial charge in [0.25, 0.3) is 0 Å². The summed E-state index contributed by atoms with van der Waals surface area (Å²) in [5, 5.41) is 0. The summed E-state index contributed by atoms with van der Waals surface area (Å²) in [5.74, 6) is 0.809. The highest BCUT2D eigenvalue weighted by Crippen LogP contribution is 2.46. The summed E-state index contributed by atoms with van der Waals surface area (Å²) < 4.78 is 0. The van der Waals surface area contributed by atoms with Crippen LogP contribution in [0.5, 0.6) is 0 Å². The monoisotopic (exact) mass is 266 g/mol. The summed E-state index contributed by atoms with van der Waals surface area (Å²) in [6.45, 7) is 17.6. The normalized spacial score (nSPS) is 27.2. The van der Waals surface area contributed by atoms with E-state index in [0.717, 1.165) is 17.0 Å². The van der Waals surface area contributed by atoms with Gasteiger partial charge in [0.2, 0.25) is 0 Å². The summed E-state index contributed by atoms with van der Waals surface area (Å²) in [6, 6.07) is 0. The Hall–Kier alpha value is -0.0862. The largest absolute Gasteiger partial charge is 0.0835 e. The van der Waals surface area contributed by atoms with Crippen LogP contribution in [0.3, 0.4) is 0 Å². The molecule has 0 heterocycles. The van der Waals surface area contributed by atoms with Gasteiger partial charge in [-0.1, -0.05) is 76.9 Å². The lowest BCUT2D eigenvalue weighted by Gasteiger charge is -2.42. The van der Waals surface area contributed by atoms with Crippen LogP contribution in [-0.4, -0.2) is 16.1 Å². The molecule has 17 heavy (non-hydrogen) atoms. The molecule has 0 saturated carbocycles. The molecule has 0 aromatic rings. The standard InChI is InChI=1S/C15H30Si2/c1-8-14(16(2,3)4)13-11-9-10-12-15(13)17(5,6)7/h9-15H,8H2,1-7H3. The van der Waals surface area contributed by atoms with Gasteiger partial charge in [-0.25, -0.2) is 0 Å². The maximum Gasteiger partial charge on any atom is 0.0521 e. The Morgan fingerprint density at radius 2 is 1.47 bits per heavy atom. The van der Waals surface area contributed by atoms with Crippen LogP contribution < -0.4 is 0 Å². The third-order valence-corrected chi connectivity index (χ3v) is 9.79. The molecule has 3 atom stereocenters. The lowest BCUT2D eigenvalue weighted by molar-refractivity contribution is 0.555. The van der Waals surface area contributed by atoms with Gasteiger partial charge in [0.05, 0.1) is 8.07 Å². The SMILES string of the molecule is CCC(C1C=CC=CC1[Si](C)(C)C)[Si](C)(C)C. The Bertz CT molecular complexity index is 302. The molecule has 1 aliphatic rings. The first-order chi connectivity index (χ1) is 7.68. The minimum atomic E-state index is -1.09. The average Bonchev–Trinajstić information content (AvgIpc) is 2.15. The highest BCUT2D eigenvalue weighted by molar-refractivity contribution is 6.79. The van der Waals surface area contributed by atoms with E-state index in [1.807, 2.05) is 0 Å². The van der Waals surface area contributed by atoms with Crippen molar-refractivity contribution in [1.82, 2.24) is 0 Å². The van der Waals surface area contributed by atoms with Crippen molar-refractivity contribution in [2.45, 2.75) is 63.7 Å². The van der Waals surface area contributed by atoms with E-state index in [4.69, 9.17) is 0 Å². The summed E-state index contributed by atoms with van der Waals surface area (Å²) in [6.07, 6.45) is 10.9. The molecule has 0 N–H and O–H groups in total. The zero-order valence-corrected chi connectivity index (χ0v) is 14.7. The first-order valence-corrected chi connectivity index (χ1v) is 14.2. The smallest absolute Gasteiger partial charge is 0.0521 e. The molecule has 0 saturated heterocycles. The highest BCUT2D eigenvalue weighted by Gasteiger charge is 2.39. The molecule has 0 bridgehead atoms. The Kier molecular flexibility index (Phi) is 4.64. The molecule has 0 amide bonds. The Balaban J connectivity index is 3.01. The molecule has 0 spiro atoms. The van der Waals surface area contributed by atoms with Crippen LogP contribution in [0.15, 0.2) is 24.3 Å². The molecule has 1 aliphatic carbocycles. The van der Waals surface area contributed by atoms with Crippen LogP contribution in [0.2, 0.25) is 50.4 Å². The molecule has 0 nitrogen and oxygen atoms in total. The number of allylic oxidation sites excluding steroid dienone is 4. The molecule has 0 aromatic heterocycles. The summed E-state index contributed by atoms with van der Waals surface area (Å²) in [7, 11) is -2.15. The Morgan fingerprint density at radius 1 is 0.941 bits per heavy atom. The van der Waals surface area contributed by atoms with Crippen LogP contribution in [-0.2, 0) is 0 Å². The maximum absolute atomic E-state index is 2.54. The van der Waals surface area contributed by atoms with Gasteiger partial charge < -0.3 is 0 Å². The minimum absolute atomic E-state index is 0.809. The van der Waals surface area contributed by atoms with E-state index in [9.17, 15) is 0 Å². The lowest BCUT2D eigenvalue weighted by atomic mass is 9.94. The summed E-state index contributed by atoms with van der Waals surface area (Å²) in [5.41, 5.74) is 1.77. The van der Waals surface area contributed by atoms with Crippen LogP contribution >= 0.6 is 0 Å². The zero-order chi connectivity index (χ0) is 13.3. The first-order valence-electron chi connectivity index (χ1n) is 7.03. The van der Waals surface area contributed by atoms with Crippen molar-refractivity contribution in [2.75, 3.05) is 0 Å². The number of hydrogen-bond acceptors (Lipinski definition) is 0. The van der Waals surface area contributed by atoms with Gasteiger partial charge in [-0.3, -0.25) is 0 Å². The Labute approximate surface area is 110 Å². The van der Waals surface area contributed by atoms with Crippen molar-refractivity contribution in [2.24, 2.45) is 5.92 Å². The molecule has 1 rings (SSSR count). The van der Waals surface area contributed by atoms with Crippen LogP contribution in [0.1, 0.15) is 13.3 Å².